The normalized spacial score (nSPS) is 14.0. The fourth-order valence-corrected chi connectivity index (χ4v) is 3.34. The van der Waals surface area contributed by atoms with Crippen molar-refractivity contribution in [3.63, 3.8) is 0 Å². The summed E-state index contributed by atoms with van der Waals surface area (Å²) in [4.78, 5) is 2.44. The molecule has 0 bridgehead atoms. The van der Waals surface area contributed by atoms with E-state index in [1.807, 2.05) is 0 Å². The molecule has 0 radical (unpaired) electrons. The molecule has 0 saturated carbocycles. The number of hydrogen-bond acceptors (Lipinski definition) is 3. The van der Waals surface area contributed by atoms with E-state index in [9.17, 15) is 0 Å². The van der Waals surface area contributed by atoms with Crippen molar-refractivity contribution >= 4 is 28.6 Å². The zero-order valence-electron chi connectivity index (χ0n) is 13.8. The molecule has 0 heterocycles. The smallest absolute Gasteiger partial charge is 0.0450 e. The highest BCUT2D eigenvalue weighted by Gasteiger charge is 2.15. The molecule has 21 heavy (non-hydrogen) atoms. The molecule has 3 heteroatoms. The molecule has 0 aromatic heterocycles. The third-order valence-corrected chi connectivity index (χ3v) is 5.04. The van der Waals surface area contributed by atoms with Gasteiger partial charge in [0.15, 0.2) is 0 Å². The van der Waals surface area contributed by atoms with Gasteiger partial charge in [-0.1, -0.05) is 73.6 Å². The monoisotopic (exact) mass is 321 g/mol. The Bertz CT molecular complexity index is 472. The molecule has 0 spiro atoms. The van der Waals surface area contributed by atoms with Crippen LogP contribution in [0.1, 0.15) is 46.6 Å². The molecule has 0 fully saturated rings. The van der Waals surface area contributed by atoms with Crippen molar-refractivity contribution in [2.45, 2.75) is 51.8 Å². The first kappa shape index (κ1) is 18.4. The topological polar surface area (TPSA) is 12.0 Å². The minimum Gasteiger partial charge on any atom is -0.256 e. The highest BCUT2D eigenvalue weighted by atomic mass is 32.2. The molecule has 1 unspecified atom stereocenters. The highest BCUT2D eigenvalue weighted by Crippen LogP contribution is 2.35. The van der Waals surface area contributed by atoms with E-state index in [4.69, 9.17) is 0 Å². The molecular formula is C18H27NS2. The summed E-state index contributed by atoms with van der Waals surface area (Å²) in [6.07, 6.45) is 3.30. The summed E-state index contributed by atoms with van der Waals surface area (Å²) in [5, 5.41) is 0. The Hall–Kier alpha value is -0.640. The van der Waals surface area contributed by atoms with Crippen LogP contribution in [0.5, 0.6) is 0 Å². The molecular weight excluding hydrogens is 294 g/mol. The van der Waals surface area contributed by atoms with Gasteiger partial charge in [-0.15, -0.1) is 0 Å². The zero-order valence-corrected chi connectivity index (χ0v) is 15.4. The molecule has 1 atom stereocenters. The van der Waals surface area contributed by atoms with Crippen molar-refractivity contribution in [3.05, 3.63) is 53.5 Å². The summed E-state index contributed by atoms with van der Waals surface area (Å²) in [5.74, 6) is 0. The van der Waals surface area contributed by atoms with Crippen LogP contribution in [0.2, 0.25) is 0 Å². The second-order valence-corrected chi connectivity index (χ2v) is 8.80. The van der Waals surface area contributed by atoms with Crippen LogP contribution in [-0.2, 0) is 0 Å². The van der Waals surface area contributed by atoms with Crippen LogP contribution in [0.4, 0.5) is 0 Å². The van der Waals surface area contributed by atoms with Gasteiger partial charge < -0.3 is 0 Å². The van der Waals surface area contributed by atoms with Crippen molar-refractivity contribution in [2.24, 2.45) is 0 Å². The predicted octanol–water partition coefficient (Wildman–Crippen LogP) is 6.11. The van der Waals surface area contributed by atoms with Crippen LogP contribution in [0.25, 0.3) is 4.91 Å². The van der Waals surface area contributed by atoms with Gasteiger partial charge in [0, 0.05) is 20.6 Å². The average molecular weight is 322 g/mol. The molecule has 1 N–H and O–H groups in total. The van der Waals surface area contributed by atoms with Crippen LogP contribution < -0.4 is 4.72 Å². The lowest BCUT2D eigenvalue weighted by molar-refractivity contribution is 0.767. The Kier molecular flexibility index (Phi) is 7.64. The van der Waals surface area contributed by atoms with Gasteiger partial charge in [0.2, 0.25) is 0 Å². The number of hydrogen-bond donors (Lipinski definition) is 1. The second-order valence-electron chi connectivity index (χ2n) is 5.96. The summed E-state index contributed by atoms with van der Waals surface area (Å²) in [6, 6.07) is 10.8. The molecule has 0 amide bonds. The van der Waals surface area contributed by atoms with Crippen molar-refractivity contribution in [2.75, 3.05) is 0 Å². The molecule has 1 aromatic carbocycles. The van der Waals surface area contributed by atoms with E-state index in [0.29, 0.717) is 0 Å². The van der Waals surface area contributed by atoms with E-state index in [1.54, 1.807) is 23.7 Å². The molecule has 1 aromatic rings. The predicted molar refractivity (Wildman–Crippen MR) is 101 cm³/mol. The largest absolute Gasteiger partial charge is 0.256 e. The van der Waals surface area contributed by atoms with Crippen molar-refractivity contribution in [3.8, 4) is 0 Å². The van der Waals surface area contributed by atoms with E-state index in [-0.39, 0.29) is 10.8 Å². The first-order valence-corrected chi connectivity index (χ1v) is 9.02. The number of rotatable bonds is 7. The lowest BCUT2D eigenvalue weighted by Crippen LogP contribution is -2.25. The van der Waals surface area contributed by atoms with E-state index >= 15 is 0 Å². The number of benzene rings is 1. The van der Waals surface area contributed by atoms with Crippen LogP contribution in [0.15, 0.2) is 47.9 Å². The van der Waals surface area contributed by atoms with E-state index < -0.39 is 0 Å². The highest BCUT2D eigenvalue weighted by molar-refractivity contribution is 8.11. The minimum absolute atomic E-state index is 0.209. The third kappa shape index (κ3) is 7.25. The molecule has 1 rings (SSSR count). The van der Waals surface area contributed by atoms with Crippen LogP contribution >= 0.6 is 23.7 Å². The first-order valence-electron chi connectivity index (χ1n) is 7.39. The number of nitrogens with one attached hydrogen (secondary N) is 1. The molecule has 0 aliphatic heterocycles. The number of allylic oxidation sites excluding steroid dienone is 1. The quantitative estimate of drug-likeness (QED) is 0.609. The Morgan fingerprint density at radius 2 is 1.90 bits per heavy atom. The maximum Gasteiger partial charge on any atom is 0.0450 e. The summed E-state index contributed by atoms with van der Waals surface area (Å²) in [5.41, 5.74) is 1.26. The second kappa shape index (κ2) is 8.72. The van der Waals surface area contributed by atoms with Crippen molar-refractivity contribution in [1.82, 2.24) is 4.72 Å². The Morgan fingerprint density at radius 1 is 1.29 bits per heavy atom. The van der Waals surface area contributed by atoms with Crippen LogP contribution in [0, 0.1) is 0 Å². The summed E-state index contributed by atoms with van der Waals surface area (Å²) in [6.45, 7) is 15.2. The van der Waals surface area contributed by atoms with E-state index in [0.717, 1.165) is 11.3 Å². The maximum absolute atomic E-state index is 4.25. The van der Waals surface area contributed by atoms with Crippen LogP contribution in [-0.4, -0.2) is 10.8 Å². The van der Waals surface area contributed by atoms with Gasteiger partial charge in [-0.3, -0.25) is 4.72 Å². The Balaban J connectivity index is 2.68. The number of thioether (sulfide) groups is 1. The molecule has 0 saturated heterocycles. The molecule has 1 nitrogen and oxygen atoms in total. The van der Waals surface area contributed by atoms with Crippen LogP contribution in [0.3, 0.4) is 0 Å². The zero-order chi connectivity index (χ0) is 15.9. The minimum atomic E-state index is 0.209. The molecule has 116 valence electrons. The fourth-order valence-electron chi connectivity index (χ4n) is 1.57. The molecule has 0 aliphatic carbocycles. The standard InChI is InChI=1S/C18H27NS2/c1-7-11-17(16-12-9-8-10-13-16)20-15(3)14(2)19-21-18(4,5)6/h8-14,19H,3,7H2,1-2,4-6H3/b17-11-. The lowest BCUT2D eigenvalue weighted by Gasteiger charge is -2.23. The van der Waals surface area contributed by atoms with Gasteiger partial charge in [-0.25, -0.2) is 0 Å². The third-order valence-electron chi connectivity index (χ3n) is 2.71. The van der Waals surface area contributed by atoms with E-state index in [1.165, 1.54) is 10.5 Å². The van der Waals surface area contributed by atoms with Crippen molar-refractivity contribution < 1.29 is 0 Å². The average Bonchev–Trinajstić information content (AvgIpc) is 2.44. The van der Waals surface area contributed by atoms with Gasteiger partial charge >= 0.3 is 0 Å². The van der Waals surface area contributed by atoms with Gasteiger partial charge in [0.1, 0.15) is 0 Å². The SMILES string of the molecule is C=C(S/C(=C\CC)c1ccccc1)C(C)NSC(C)(C)C. The first-order chi connectivity index (χ1) is 9.83. The molecule has 0 aliphatic rings. The van der Waals surface area contributed by atoms with Crippen molar-refractivity contribution in [1.29, 1.82) is 0 Å². The fraction of sp³-hybridized carbons (Fsp3) is 0.444. The van der Waals surface area contributed by atoms with Gasteiger partial charge in [-0.05, 0) is 39.7 Å². The Labute approximate surface area is 138 Å². The van der Waals surface area contributed by atoms with Gasteiger partial charge in [0.25, 0.3) is 0 Å². The van der Waals surface area contributed by atoms with E-state index in [2.05, 4.69) is 82.3 Å². The Morgan fingerprint density at radius 3 is 2.43 bits per heavy atom. The van der Waals surface area contributed by atoms with Gasteiger partial charge in [-0.2, -0.15) is 0 Å². The summed E-state index contributed by atoms with van der Waals surface area (Å²) >= 11 is 3.53. The lowest BCUT2D eigenvalue weighted by atomic mass is 10.2. The summed E-state index contributed by atoms with van der Waals surface area (Å²) < 4.78 is 3.70. The van der Waals surface area contributed by atoms with Gasteiger partial charge in [0.05, 0.1) is 0 Å². The maximum atomic E-state index is 4.25. The summed E-state index contributed by atoms with van der Waals surface area (Å²) in [7, 11) is 0.